The number of nitrogens with one attached hydrogen (secondary N) is 1. The molecule has 1 heterocycles. The molecule has 0 aliphatic carbocycles. The molecule has 1 rings (SSSR count). The van der Waals surface area contributed by atoms with Crippen LogP contribution >= 0.6 is 0 Å². The Morgan fingerprint density at radius 1 is 1.44 bits per heavy atom. The number of nitrogens with zero attached hydrogens (tertiary/aromatic N) is 1. The van der Waals surface area contributed by atoms with Gasteiger partial charge in [-0.1, -0.05) is 5.57 Å². The minimum atomic E-state index is 0. The summed E-state index contributed by atoms with van der Waals surface area (Å²) in [5.74, 6) is 0.454. The second-order valence-corrected chi connectivity index (χ2v) is 4.58. The molecule has 1 amide bonds. The third-order valence-electron chi connectivity index (χ3n) is 2.94. The summed E-state index contributed by atoms with van der Waals surface area (Å²) in [6.07, 6.45) is 2.88. The van der Waals surface area contributed by atoms with E-state index in [1.165, 1.54) is 0 Å². The van der Waals surface area contributed by atoms with E-state index in [9.17, 15) is 4.79 Å². The molecule has 94 valence electrons. The van der Waals surface area contributed by atoms with Crippen molar-refractivity contribution < 1.29 is 4.79 Å². The fourth-order valence-corrected chi connectivity index (χ4v) is 1.81. The van der Waals surface area contributed by atoms with Crippen LogP contribution in [0.4, 0.5) is 0 Å². The van der Waals surface area contributed by atoms with Crippen LogP contribution in [0.25, 0.3) is 0 Å². The SMILES string of the molecule is C=C(C)CCNC(=O)C1CCN(C)CC1.N. The van der Waals surface area contributed by atoms with Gasteiger partial charge >= 0.3 is 0 Å². The van der Waals surface area contributed by atoms with Crippen molar-refractivity contribution in [2.45, 2.75) is 26.2 Å². The molecule has 0 saturated carbocycles. The van der Waals surface area contributed by atoms with Crippen molar-refractivity contribution in [2.75, 3.05) is 26.7 Å². The predicted octanol–water partition coefficient (Wildman–Crippen LogP) is 1.57. The van der Waals surface area contributed by atoms with E-state index < -0.39 is 0 Å². The van der Waals surface area contributed by atoms with E-state index in [1.54, 1.807) is 0 Å². The molecule has 1 aliphatic heterocycles. The van der Waals surface area contributed by atoms with Crippen molar-refractivity contribution >= 4 is 5.91 Å². The van der Waals surface area contributed by atoms with Gasteiger partial charge < -0.3 is 16.4 Å². The van der Waals surface area contributed by atoms with Crippen molar-refractivity contribution in [3.63, 3.8) is 0 Å². The summed E-state index contributed by atoms with van der Waals surface area (Å²) in [6, 6.07) is 0. The summed E-state index contributed by atoms with van der Waals surface area (Å²) in [4.78, 5) is 14.0. The van der Waals surface area contributed by atoms with Gasteiger partial charge in [-0.05, 0) is 46.3 Å². The van der Waals surface area contributed by atoms with Crippen molar-refractivity contribution in [1.29, 1.82) is 0 Å². The molecule has 0 aromatic heterocycles. The van der Waals surface area contributed by atoms with Crippen molar-refractivity contribution in [2.24, 2.45) is 5.92 Å². The molecule has 0 spiro atoms. The molecule has 4 N–H and O–H groups in total. The van der Waals surface area contributed by atoms with Gasteiger partial charge in [0.2, 0.25) is 5.91 Å². The van der Waals surface area contributed by atoms with Crippen molar-refractivity contribution in [1.82, 2.24) is 16.4 Å². The van der Waals surface area contributed by atoms with Gasteiger partial charge in [-0.25, -0.2) is 0 Å². The normalized spacial score (nSPS) is 17.6. The molecule has 0 unspecified atom stereocenters. The van der Waals surface area contributed by atoms with E-state index in [1.807, 2.05) is 6.92 Å². The number of rotatable bonds is 4. The Kier molecular flexibility index (Phi) is 7.01. The summed E-state index contributed by atoms with van der Waals surface area (Å²) in [7, 11) is 2.11. The topological polar surface area (TPSA) is 67.3 Å². The van der Waals surface area contributed by atoms with E-state index in [2.05, 4.69) is 23.8 Å². The van der Waals surface area contributed by atoms with E-state index in [0.29, 0.717) is 0 Å². The van der Waals surface area contributed by atoms with Gasteiger partial charge in [-0.3, -0.25) is 4.79 Å². The summed E-state index contributed by atoms with van der Waals surface area (Å²) in [6.45, 7) is 8.62. The molecule has 16 heavy (non-hydrogen) atoms. The Hall–Kier alpha value is -0.870. The predicted molar refractivity (Wildman–Crippen MR) is 67.7 cm³/mol. The van der Waals surface area contributed by atoms with E-state index >= 15 is 0 Å². The second kappa shape index (κ2) is 7.41. The highest BCUT2D eigenvalue weighted by atomic mass is 16.1. The first kappa shape index (κ1) is 15.1. The molecule has 4 nitrogen and oxygen atoms in total. The molecule has 4 heteroatoms. The highest BCUT2D eigenvalue weighted by Crippen LogP contribution is 2.15. The van der Waals surface area contributed by atoms with Gasteiger partial charge in [0.1, 0.15) is 0 Å². The van der Waals surface area contributed by atoms with Crippen LogP contribution in [-0.2, 0) is 4.79 Å². The largest absolute Gasteiger partial charge is 0.356 e. The summed E-state index contributed by atoms with van der Waals surface area (Å²) in [5.41, 5.74) is 1.12. The number of hydrogen-bond donors (Lipinski definition) is 2. The summed E-state index contributed by atoms with van der Waals surface area (Å²) in [5, 5.41) is 2.98. The van der Waals surface area contributed by atoms with Crippen LogP contribution < -0.4 is 11.5 Å². The Labute approximate surface area is 98.7 Å². The molecular weight excluding hydrogens is 202 g/mol. The zero-order chi connectivity index (χ0) is 11.3. The molecular formula is C12H25N3O. The summed E-state index contributed by atoms with van der Waals surface area (Å²) >= 11 is 0. The lowest BCUT2D eigenvalue weighted by Gasteiger charge is -2.28. The molecule has 1 saturated heterocycles. The van der Waals surface area contributed by atoms with Gasteiger partial charge in [-0.15, -0.1) is 6.58 Å². The Morgan fingerprint density at radius 3 is 2.50 bits per heavy atom. The molecule has 0 bridgehead atoms. The van der Waals surface area contributed by atoms with Crippen molar-refractivity contribution in [3.8, 4) is 0 Å². The van der Waals surface area contributed by atoms with E-state index in [0.717, 1.165) is 44.5 Å². The number of likely N-dealkylation sites (tertiary alicyclic amines) is 1. The highest BCUT2D eigenvalue weighted by Gasteiger charge is 2.22. The lowest BCUT2D eigenvalue weighted by Crippen LogP contribution is -2.39. The van der Waals surface area contributed by atoms with Gasteiger partial charge in [0, 0.05) is 12.5 Å². The van der Waals surface area contributed by atoms with E-state index in [4.69, 9.17) is 0 Å². The molecule has 0 atom stereocenters. The quantitative estimate of drug-likeness (QED) is 0.716. The third-order valence-corrected chi connectivity index (χ3v) is 2.94. The zero-order valence-corrected chi connectivity index (χ0v) is 10.6. The zero-order valence-electron chi connectivity index (χ0n) is 10.6. The lowest BCUT2D eigenvalue weighted by atomic mass is 9.96. The first-order valence-corrected chi connectivity index (χ1v) is 5.70. The fraction of sp³-hybridized carbons (Fsp3) is 0.750. The van der Waals surface area contributed by atoms with Crippen LogP contribution in [0.5, 0.6) is 0 Å². The van der Waals surface area contributed by atoms with Gasteiger partial charge in [0.15, 0.2) is 0 Å². The second-order valence-electron chi connectivity index (χ2n) is 4.58. The van der Waals surface area contributed by atoms with Crippen LogP contribution in [-0.4, -0.2) is 37.5 Å². The number of hydrogen-bond acceptors (Lipinski definition) is 3. The first-order chi connectivity index (χ1) is 7.09. The molecule has 1 fully saturated rings. The smallest absolute Gasteiger partial charge is 0.223 e. The number of piperidine rings is 1. The summed E-state index contributed by atoms with van der Waals surface area (Å²) < 4.78 is 0. The van der Waals surface area contributed by atoms with Crippen LogP contribution in [0, 0.1) is 5.92 Å². The maximum absolute atomic E-state index is 11.7. The van der Waals surface area contributed by atoms with E-state index in [-0.39, 0.29) is 18.0 Å². The molecule has 1 aliphatic rings. The van der Waals surface area contributed by atoms with Crippen LogP contribution in [0.2, 0.25) is 0 Å². The Balaban J connectivity index is 0.00000225. The average Bonchev–Trinajstić information content (AvgIpc) is 2.18. The molecule has 0 aromatic carbocycles. The Bertz CT molecular complexity index is 232. The lowest BCUT2D eigenvalue weighted by molar-refractivity contribution is -0.126. The van der Waals surface area contributed by atoms with Crippen molar-refractivity contribution in [3.05, 3.63) is 12.2 Å². The van der Waals surface area contributed by atoms with Gasteiger partial charge in [0.25, 0.3) is 0 Å². The number of carbonyl (C=O) groups excluding carboxylic acids is 1. The Morgan fingerprint density at radius 2 is 2.00 bits per heavy atom. The standard InChI is InChI=1S/C12H22N2O.H3N/c1-10(2)4-7-13-12(15)11-5-8-14(3)9-6-11;/h11H,1,4-9H2,2-3H3,(H,13,15);1H3. The average molecular weight is 227 g/mol. The fourth-order valence-electron chi connectivity index (χ4n) is 1.81. The minimum Gasteiger partial charge on any atom is -0.356 e. The maximum atomic E-state index is 11.7. The van der Waals surface area contributed by atoms with Gasteiger partial charge in [0.05, 0.1) is 0 Å². The third kappa shape index (κ3) is 5.28. The highest BCUT2D eigenvalue weighted by molar-refractivity contribution is 5.78. The number of carbonyl (C=O) groups is 1. The first-order valence-electron chi connectivity index (χ1n) is 5.70. The maximum Gasteiger partial charge on any atom is 0.223 e. The number of amides is 1. The van der Waals surface area contributed by atoms with Gasteiger partial charge in [-0.2, -0.15) is 0 Å². The molecule has 0 radical (unpaired) electrons. The monoisotopic (exact) mass is 227 g/mol. The van der Waals surface area contributed by atoms with Crippen LogP contribution in [0.15, 0.2) is 12.2 Å². The molecule has 0 aromatic rings. The van der Waals surface area contributed by atoms with Crippen LogP contribution in [0.1, 0.15) is 26.2 Å². The van der Waals surface area contributed by atoms with Crippen LogP contribution in [0.3, 0.4) is 0 Å². The minimum absolute atomic E-state index is 0.